The first kappa shape index (κ1) is 15.8. The average molecular weight is 391 g/mol. The molecule has 0 unspecified atom stereocenters. The summed E-state index contributed by atoms with van der Waals surface area (Å²) in [7, 11) is 0. The second-order valence-corrected chi connectivity index (χ2v) is 8.02. The van der Waals surface area contributed by atoms with Gasteiger partial charge in [0.1, 0.15) is 6.04 Å². The zero-order valence-corrected chi connectivity index (χ0v) is 15.0. The molecule has 24 heavy (non-hydrogen) atoms. The first-order valence-corrected chi connectivity index (χ1v) is 9.20. The molecule has 4 rings (SSSR count). The summed E-state index contributed by atoms with van der Waals surface area (Å²) >= 11 is 3.34. The molecule has 2 bridgehead atoms. The number of nitrogens with zero attached hydrogens (tertiary/aromatic N) is 1. The Labute approximate surface area is 148 Å². The van der Waals surface area contributed by atoms with Gasteiger partial charge in [0.25, 0.3) is 0 Å². The van der Waals surface area contributed by atoms with Crippen LogP contribution in [-0.4, -0.2) is 28.7 Å². The van der Waals surface area contributed by atoms with Crippen LogP contribution in [0, 0.1) is 23.7 Å². The van der Waals surface area contributed by atoms with E-state index in [0.29, 0.717) is 17.5 Å². The van der Waals surface area contributed by atoms with Crippen molar-refractivity contribution in [2.75, 3.05) is 5.32 Å². The second kappa shape index (κ2) is 5.69. The Bertz CT molecular complexity index is 689. The molecule has 1 heterocycles. The van der Waals surface area contributed by atoms with Crippen molar-refractivity contribution < 1.29 is 14.4 Å². The monoisotopic (exact) mass is 390 g/mol. The minimum Gasteiger partial charge on any atom is -0.324 e. The molecule has 1 saturated heterocycles. The van der Waals surface area contributed by atoms with Gasteiger partial charge in [-0.3, -0.25) is 19.3 Å². The number of halogens is 1. The molecule has 1 aliphatic heterocycles. The normalized spacial score (nSPS) is 32.2. The van der Waals surface area contributed by atoms with Crippen LogP contribution in [0.2, 0.25) is 0 Å². The van der Waals surface area contributed by atoms with Gasteiger partial charge in [0.05, 0.1) is 11.8 Å². The Balaban J connectivity index is 1.51. The number of carbonyl (C=O) groups is 3. The number of anilines is 1. The molecule has 1 N–H and O–H groups in total. The fraction of sp³-hybridized carbons (Fsp3) is 0.500. The lowest BCUT2D eigenvalue weighted by Gasteiger charge is -2.23. The zero-order chi connectivity index (χ0) is 17.0. The van der Waals surface area contributed by atoms with Crippen molar-refractivity contribution in [2.24, 2.45) is 23.7 Å². The van der Waals surface area contributed by atoms with Gasteiger partial charge in [-0.1, -0.05) is 15.9 Å². The summed E-state index contributed by atoms with van der Waals surface area (Å²) < 4.78 is 0.918. The summed E-state index contributed by atoms with van der Waals surface area (Å²) in [4.78, 5) is 39.2. The summed E-state index contributed by atoms with van der Waals surface area (Å²) in [5.41, 5.74) is 0.648. The molecule has 1 aromatic rings. The van der Waals surface area contributed by atoms with Crippen LogP contribution in [0.5, 0.6) is 0 Å². The topological polar surface area (TPSA) is 66.5 Å². The Morgan fingerprint density at radius 3 is 2.21 bits per heavy atom. The standard InChI is InChI=1S/C18H19BrN2O3/c1-9(16(22)20-13-6-4-12(19)5-7-13)21-17(23)14-10-2-3-11(8-10)15(14)18(21)24/h4-7,9-11,14-15H,2-3,8H2,1H3,(H,20,22)/t9-,10+,11+,14-,15+/m0/s1. The van der Waals surface area contributed by atoms with Gasteiger partial charge in [0, 0.05) is 10.2 Å². The van der Waals surface area contributed by atoms with Gasteiger partial charge in [-0.15, -0.1) is 0 Å². The van der Waals surface area contributed by atoms with E-state index < -0.39 is 6.04 Å². The highest BCUT2D eigenvalue weighted by Crippen LogP contribution is 2.56. The highest BCUT2D eigenvalue weighted by atomic mass is 79.9. The number of nitrogens with one attached hydrogen (secondary N) is 1. The quantitative estimate of drug-likeness (QED) is 0.806. The Hall–Kier alpha value is -1.69. The number of fused-ring (bicyclic) bond motifs is 5. The van der Waals surface area contributed by atoms with Gasteiger partial charge in [0.15, 0.2) is 0 Å². The molecular weight excluding hydrogens is 372 g/mol. The Morgan fingerprint density at radius 1 is 1.12 bits per heavy atom. The van der Waals surface area contributed by atoms with Crippen LogP contribution in [0.15, 0.2) is 28.7 Å². The van der Waals surface area contributed by atoms with Crippen LogP contribution in [0.3, 0.4) is 0 Å². The molecule has 126 valence electrons. The van der Waals surface area contributed by atoms with E-state index in [9.17, 15) is 14.4 Å². The number of likely N-dealkylation sites (tertiary alicyclic amines) is 1. The van der Waals surface area contributed by atoms with E-state index in [0.717, 1.165) is 23.7 Å². The molecule has 3 aliphatic rings. The van der Waals surface area contributed by atoms with E-state index in [1.54, 1.807) is 19.1 Å². The molecular formula is C18H19BrN2O3. The summed E-state index contributed by atoms with van der Waals surface area (Å²) in [6, 6.07) is 6.43. The maximum Gasteiger partial charge on any atom is 0.247 e. The minimum atomic E-state index is -0.779. The molecule has 0 aromatic heterocycles. The molecule has 5 nitrogen and oxygen atoms in total. The maximum absolute atomic E-state index is 12.7. The number of rotatable bonds is 3. The summed E-state index contributed by atoms with van der Waals surface area (Å²) in [5, 5.41) is 2.78. The van der Waals surface area contributed by atoms with Gasteiger partial charge >= 0.3 is 0 Å². The first-order chi connectivity index (χ1) is 11.5. The molecule has 0 radical (unpaired) electrons. The third kappa shape index (κ3) is 2.31. The molecule has 6 heteroatoms. The third-order valence-corrected chi connectivity index (χ3v) is 6.37. The molecule has 1 aromatic carbocycles. The SMILES string of the molecule is C[C@@H](C(=O)Nc1ccc(Br)cc1)N1C(=O)[C@@H]2[C@@H]3CC[C@H](C3)[C@@H]2C1=O. The smallest absolute Gasteiger partial charge is 0.247 e. The van der Waals surface area contributed by atoms with Crippen molar-refractivity contribution in [2.45, 2.75) is 32.2 Å². The highest BCUT2D eigenvalue weighted by molar-refractivity contribution is 9.10. The van der Waals surface area contributed by atoms with Crippen LogP contribution < -0.4 is 5.32 Å². The van der Waals surface area contributed by atoms with Crippen molar-refractivity contribution >= 4 is 39.3 Å². The van der Waals surface area contributed by atoms with Crippen molar-refractivity contribution in [3.63, 3.8) is 0 Å². The first-order valence-electron chi connectivity index (χ1n) is 8.40. The van der Waals surface area contributed by atoms with Gasteiger partial charge in [-0.2, -0.15) is 0 Å². The predicted molar refractivity (Wildman–Crippen MR) is 91.9 cm³/mol. The van der Waals surface area contributed by atoms with Crippen LogP contribution >= 0.6 is 15.9 Å². The van der Waals surface area contributed by atoms with Crippen molar-refractivity contribution in [3.05, 3.63) is 28.7 Å². The maximum atomic E-state index is 12.7. The van der Waals surface area contributed by atoms with Gasteiger partial charge < -0.3 is 5.32 Å². The third-order valence-electron chi connectivity index (χ3n) is 5.84. The highest BCUT2D eigenvalue weighted by Gasteiger charge is 2.62. The van der Waals surface area contributed by atoms with Gasteiger partial charge in [0.2, 0.25) is 17.7 Å². The van der Waals surface area contributed by atoms with E-state index >= 15 is 0 Å². The van der Waals surface area contributed by atoms with E-state index in [4.69, 9.17) is 0 Å². The van der Waals surface area contributed by atoms with Gasteiger partial charge in [-0.05, 0) is 62.3 Å². The van der Waals surface area contributed by atoms with E-state index in [1.165, 1.54) is 4.90 Å². The predicted octanol–water partition coefficient (Wildman–Crippen LogP) is 2.81. The molecule has 2 saturated carbocycles. The van der Waals surface area contributed by atoms with Gasteiger partial charge in [-0.25, -0.2) is 0 Å². The number of carbonyl (C=O) groups excluding carboxylic acids is 3. The number of amides is 3. The summed E-state index contributed by atoms with van der Waals surface area (Å²) in [5.74, 6) is -0.303. The molecule has 0 spiro atoms. The molecule has 5 atom stereocenters. The van der Waals surface area contributed by atoms with Crippen LogP contribution in [-0.2, 0) is 14.4 Å². The van der Waals surface area contributed by atoms with Crippen LogP contribution in [0.25, 0.3) is 0 Å². The number of hydrogen-bond donors (Lipinski definition) is 1. The summed E-state index contributed by atoms with van der Waals surface area (Å²) in [6.45, 7) is 1.63. The van der Waals surface area contributed by atoms with Crippen LogP contribution in [0.4, 0.5) is 5.69 Å². The van der Waals surface area contributed by atoms with E-state index in [2.05, 4.69) is 21.2 Å². The minimum absolute atomic E-state index is 0.143. The van der Waals surface area contributed by atoms with E-state index in [-0.39, 0.29) is 29.6 Å². The second-order valence-electron chi connectivity index (χ2n) is 7.10. The Kier molecular flexibility index (Phi) is 3.75. The molecule has 3 fully saturated rings. The zero-order valence-electron chi connectivity index (χ0n) is 13.4. The fourth-order valence-corrected chi connectivity index (χ4v) is 4.98. The van der Waals surface area contributed by atoms with Crippen molar-refractivity contribution in [3.8, 4) is 0 Å². The lowest BCUT2D eigenvalue weighted by molar-refractivity contribution is -0.146. The lowest BCUT2D eigenvalue weighted by Crippen LogP contribution is -2.46. The number of hydrogen-bond acceptors (Lipinski definition) is 3. The van der Waals surface area contributed by atoms with Crippen molar-refractivity contribution in [1.82, 2.24) is 4.90 Å². The van der Waals surface area contributed by atoms with Crippen molar-refractivity contribution in [1.29, 1.82) is 0 Å². The number of imide groups is 1. The molecule has 2 aliphatic carbocycles. The molecule has 3 amide bonds. The van der Waals surface area contributed by atoms with E-state index in [1.807, 2.05) is 12.1 Å². The lowest BCUT2D eigenvalue weighted by atomic mass is 9.81. The Morgan fingerprint density at radius 2 is 1.67 bits per heavy atom. The largest absolute Gasteiger partial charge is 0.324 e. The fourth-order valence-electron chi connectivity index (χ4n) is 4.71. The number of benzene rings is 1. The summed E-state index contributed by atoms with van der Waals surface area (Å²) in [6.07, 6.45) is 3.08. The van der Waals surface area contributed by atoms with Crippen LogP contribution in [0.1, 0.15) is 26.2 Å². The average Bonchev–Trinajstić information content (AvgIpc) is 3.23.